The molecular weight excluding hydrogens is 250 g/mol. The van der Waals surface area contributed by atoms with Gasteiger partial charge in [0.25, 0.3) is 0 Å². The molecule has 2 fully saturated rings. The Bertz CT molecular complexity index is 425. The zero-order valence-electron chi connectivity index (χ0n) is 12.3. The Morgan fingerprint density at radius 3 is 2.80 bits per heavy atom. The van der Waals surface area contributed by atoms with Crippen molar-refractivity contribution in [3.05, 3.63) is 29.8 Å². The molecule has 4 heteroatoms. The average Bonchev–Trinajstić information content (AvgIpc) is 2.44. The topological polar surface area (TPSA) is 27.7 Å². The summed E-state index contributed by atoms with van der Waals surface area (Å²) in [6, 6.07) is 9.26. The van der Waals surface area contributed by atoms with E-state index in [-0.39, 0.29) is 0 Å². The van der Waals surface area contributed by atoms with Crippen LogP contribution in [0.5, 0.6) is 5.75 Å². The molecule has 0 amide bonds. The van der Waals surface area contributed by atoms with Crippen molar-refractivity contribution in [1.29, 1.82) is 0 Å². The first-order valence-corrected chi connectivity index (χ1v) is 7.74. The van der Waals surface area contributed by atoms with E-state index in [0.29, 0.717) is 0 Å². The Morgan fingerprint density at radius 2 is 2.05 bits per heavy atom. The van der Waals surface area contributed by atoms with Crippen LogP contribution in [0.4, 0.5) is 0 Å². The normalized spacial score (nSPS) is 21.6. The second-order valence-corrected chi connectivity index (χ2v) is 5.71. The fraction of sp³-hybridized carbons (Fsp3) is 0.625. The third-order valence-corrected chi connectivity index (χ3v) is 4.22. The quantitative estimate of drug-likeness (QED) is 0.873. The van der Waals surface area contributed by atoms with Gasteiger partial charge in [0.1, 0.15) is 5.75 Å². The third-order valence-electron chi connectivity index (χ3n) is 4.22. The van der Waals surface area contributed by atoms with Crippen LogP contribution in [-0.2, 0) is 6.54 Å². The molecule has 2 aliphatic rings. The summed E-state index contributed by atoms with van der Waals surface area (Å²) in [5, 5.41) is 3.42. The molecule has 0 aromatic heterocycles. The van der Waals surface area contributed by atoms with Gasteiger partial charge < -0.3 is 10.1 Å². The van der Waals surface area contributed by atoms with Gasteiger partial charge >= 0.3 is 0 Å². The number of nitrogens with one attached hydrogen (secondary N) is 1. The monoisotopic (exact) mass is 275 g/mol. The van der Waals surface area contributed by atoms with E-state index in [9.17, 15) is 0 Å². The van der Waals surface area contributed by atoms with Crippen LogP contribution in [0.2, 0.25) is 0 Å². The van der Waals surface area contributed by atoms with Crippen LogP contribution in [0.15, 0.2) is 24.3 Å². The molecule has 0 atom stereocenters. The number of benzene rings is 1. The maximum absolute atomic E-state index is 5.56. The van der Waals surface area contributed by atoms with Gasteiger partial charge in [-0.15, -0.1) is 0 Å². The molecule has 1 aromatic carbocycles. The van der Waals surface area contributed by atoms with Crippen molar-refractivity contribution in [2.24, 2.45) is 0 Å². The van der Waals surface area contributed by atoms with Crippen LogP contribution in [0.1, 0.15) is 12.5 Å². The van der Waals surface area contributed by atoms with Crippen molar-refractivity contribution >= 4 is 0 Å². The molecule has 2 heterocycles. The average molecular weight is 275 g/mol. The fourth-order valence-corrected chi connectivity index (χ4v) is 3.11. The van der Waals surface area contributed by atoms with Crippen molar-refractivity contribution in [3.8, 4) is 5.75 Å². The summed E-state index contributed by atoms with van der Waals surface area (Å²) in [5.41, 5.74) is 1.36. The molecular formula is C16H25N3O. The van der Waals surface area contributed by atoms with Gasteiger partial charge in [-0.2, -0.15) is 0 Å². The smallest absolute Gasteiger partial charge is 0.119 e. The van der Waals surface area contributed by atoms with Gasteiger partial charge in [0.15, 0.2) is 0 Å². The summed E-state index contributed by atoms with van der Waals surface area (Å²) in [4.78, 5) is 5.15. The number of piperazine rings is 1. The van der Waals surface area contributed by atoms with Crippen LogP contribution >= 0.6 is 0 Å². The number of hydrogen-bond donors (Lipinski definition) is 1. The maximum Gasteiger partial charge on any atom is 0.119 e. The molecule has 20 heavy (non-hydrogen) atoms. The Labute approximate surface area is 121 Å². The summed E-state index contributed by atoms with van der Waals surface area (Å²) in [6.07, 6.45) is 0. The van der Waals surface area contributed by atoms with E-state index >= 15 is 0 Å². The van der Waals surface area contributed by atoms with Crippen molar-refractivity contribution in [2.75, 3.05) is 45.9 Å². The summed E-state index contributed by atoms with van der Waals surface area (Å²) >= 11 is 0. The predicted molar refractivity (Wildman–Crippen MR) is 81.1 cm³/mol. The zero-order chi connectivity index (χ0) is 13.8. The Hall–Kier alpha value is -1.10. The van der Waals surface area contributed by atoms with Crippen LogP contribution in [0.25, 0.3) is 0 Å². The van der Waals surface area contributed by atoms with Crippen LogP contribution in [0, 0.1) is 0 Å². The van der Waals surface area contributed by atoms with Gasteiger partial charge in [-0.05, 0) is 24.6 Å². The number of likely N-dealkylation sites (tertiary alicyclic amines) is 1. The lowest BCUT2D eigenvalue weighted by molar-refractivity contribution is 0.0223. The van der Waals surface area contributed by atoms with E-state index in [2.05, 4.69) is 33.3 Å². The molecule has 0 bridgehead atoms. The highest BCUT2D eigenvalue weighted by Gasteiger charge is 2.31. The highest BCUT2D eigenvalue weighted by atomic mass is 16.5. The fourth-order valence-electron chi connectivity index (χ4n) is 3.11. The first-order valence-electron chi connectivity index (χ1n) is 7.74. The molecule has 3 rings (SSSR count). The third kappa shape index (κ3) is 3.32. The van der Waals surface area contributed by atoms with Gasteiger partial charge in [0.2, 0.25) is 0 Å². The first-order chi connectivity index (χ1) is 9.85. The van der Waals surface area contributed by atoms with Crippen molar-refractivity contribution in [2.45, 2.75) is 19.5 Å². The summed E-state index contributed by atoms with van der Waals surface area (Å²) in [7, 11) is 0. The van der Waals surface area contributed by atoms with Crippen LogP contribution in [-0.4, -0.2) is 61.7 Å². The van der Waals surface area contributed by atoms with Crippen LogP contribution in [0.3, 0.4) is 0 Å². The van der Waals surface area contributed by atoms with E-state index in [0.717, 1.165) is 38.0 Å². The molecule has 0 radical (unpaired) electrons. The van der Waals surface area contributed by atoms with Crippen LogP contribution < -0.4 is 10.1 Å². The molecule has 1 N–H and O–H groups in total. The van der Waals surface area contributed by atoms with Crippen molar-refractivity contribution in [3.63, 3.8) is 0 Å². The predicted octanol–water partition coefficient (Wildman–Crippen LogP) is 1.17. The van der Waals surface area contributed by atoms with E-state index in [1.807, 2.05) is 13.0 Å². The maximum atomic E-state index is 5.56. The van der Waals surface area contributed by atoms with Crippen molar-refractivity contribution in [1.82, 2.24) is 15.1 Å². The molecule has 2 aliphatic heterocycles. The van der Waals surface area contributed by atoms with Gasteiger partial charge in [0.05, 0.1) is 6.61 Å². The molecule has 0 aliphatic carbocycles. The van der Waals surface area contributed by atoms with E-state index in [4.69, 9.17) is 4.74 Å². The lowest BCUT2D eigenvalue weighted by atomic mass is 10.0. The van der Waals surface area contributed by atoms with Gasteiger partial charge in [-0.25, -0.2) is 0 Å². The minimum absolute atomic E-state index is 0.734. The van der Waals surface area contributed by atoms with E-state index in [1.165, 1.54) is 31.7 Å². The van der Waals surface area contributed by atoms with Gasteiger partial charge in [0, 0.05) is 51.9 Å². The standard InChI is InChI=1S/C16H25N3O/c1-2-20-16-5-3-4-14(10-16)11-18-12-15(13-18)19-8-6-17-7-9-19/h3-5,10,15,17H,2,6-9,11-13H2,1H3. The number of nitrogens with zero attached hydrogens (tertiary/aromatic N) is 2. The summed E-state index contributed by atoms with van der Waals surface area (Å²) in [6.45, 7) is 10.9. The SMILES string of the molecule is CCOc1cccc(CN2CC(N3CCNCC3)C2)c1. The minimum atomic E-state index is 0.734. The summed E-state index contributed by atoms with van der Waals surface area (Å²) < 4.78 is 5.56. The molecule has 110 valence electrons. The number of ether oxygens (including phenoxy) is 1. The first kappa shape index (κ1) is 13.9. The molecule has 0 saturated carbocycles. The molecule has 1 aromatic rings. The molecule has 2 saturated heterocycles. The van der Waals surface area contributed by atoms with Gasteiger partial charge in [-0.1, -0.05) is 12.1 Å². The molecule has 4 nitrogen and oxygen atoms in total. The van der Waals surface area contributed by atoms with E-state index < -0.39 is 0 Å². The Kier molecular flexibility index (Phi) is 4.55. The minimum Gasteiger partial charge on any atom is -0.494 e. The Balaban J connectivity index is 1.47. The number of hydrogen-bond acceptors (Lipinski definition) is 4. The molecule has 0 unspecified atom stereocenters. The van der Waals surface area contributed by atoms with Gasteiger partial charge in [-0.3, -0.25) is 9.80 Å². The zero-order valence-corrected chi connectivity index (χ0v) is 12.3. The second kappa shape index (κ2) is 6.57. The summed E-state index contributed by atoms with van der Waals surface area (Å²) in [5.74, 6) is 0.990. The second-order valence-electron chi connectivity index (χ2n) is 5.71. The highest BCUT2D eigenvalue weighted by Crippen LogP contribution is 2.20. The Morgan fingerprint density at radius 1 is 1.25 bits per heavy atom. The number of rotatable bonds is 5. The lowest BCUT2D eigenvalue weighted by Gasteiger charge is -2.46. The highest BCUT2D eigenvalue weighted by molar-refractivity contribution is 5.28. The lowest BCUT2D eigenvalue weighted by Crippen LogP contribution is -2.62. The van der Waals surface area contributed by atoms with Crippen molar-refractivity contribution < 1.29 is 4.74 Å². The molecule has 0 spiro atoms. The largest absolute Gasteiger partial charge is 0.494 e. The van der Waals surface area contributed by atoms with E-state index in [1.54, 1.807) is 0 Å².